The highest BCUT2D eigenvalue weighted by Crippen LogP contribution is 2.45. The predicted molar refractivity (Wildman–Crippen MR) is 122 cm³/mol. The van der Waals surface area contributed by atoms with E-state index in [2.05, 4.69) is 4.74 Å². The first-order chi connectivity index (χ1) is 18.6. The number of benzene rings is 1. The van der Waals surface area contributed by atoms with E-state index in [4.69, 9.17) is 4.74 Å². The van der Waals surface area contributed by atoms with E-state index < -0.39 is 36.3 Å². The van der Waals surface area contributed by atoms with Crippen LogP contribution in [0.5, 0.6) is 0 Å². The van der Waals surface area contributed by atoms with Gasteiger partial charge in [-0.05, 0) is 30.4 Å². The molecule has 4 heterocycles. The van der Waals surface area contributed by atoms with Crippen LogP contribution in [0.4, 0.5) is 50.0 Å². The van der Waals surface area contributed by atoms with Gasteiger partial charge in [-0.3, -0.25) is 4.90 Å². The number of alkyl halides is 9. The molecule has 4 aliphatic rings. The van der Waals surface area contributed by atoms with E-state index in [1.54, 1.807) is 6.07 Å². The second kappa shape index (κ2) is 10.1. The maximum Gasteiger partial charge on any atom is 0.434 e. The van der Waals surface area contributed by atoms with E-state index >= 15 is 0 Å². The van der Waals surface area contributed by atoms with Gasteiger partial charge in [0.15, 0.2) is 0 Å². The molecule has 4 aliphatic heterocycles. The van der Waals surface area contributed by atoms with Gasteiger partial charge in [-0.15, -0.1) is 0 Å². The van der Waals surface area contributed by atoms with Gasteiger partial charge >= 0.3 is 24.6 Å². The molecule has 40 heavy (non-hydrogen) atoms. The number of rotatable bonds is 4. The molecule has 1 amide bonds. The van der Waals surface area contributed by atoms with Crippen LogP contribution in [0.3, 0.4) is 0 Å². The van der Waals surface area contributed by atoms with Gasteiger partial charge in [0.05, 0.1) is 18.8 Å². The quantitative estimate of drug-likeness (QED) is 0.446. The molecule has 0 radical (unpaired) electrons. The highest BCUT2D eigenvalue weighted by atomic mass is 19.4. The first-order valence-electron chi connectivity index (χ1n) is 12.9. The molecule has 224 valence electrons. The lowest BCUT2D eigenvalue weighted by molar-refractivity contribution is -0.308. The summed E-state index contributed by atoms with van der Waals surface area (Å²) in [6.07, 6.45) is -21.5. The molecule has 1 aromatic carbocycles. The molecule has 0 aromatic heterocycles. The summed E-state index contributed by atoms with van der Waals surface area (Å²) in [6, 6.07) is 4.16. The zero-order chi connectivity index (χ0) is 29.1. The molecule has 4 saturated heterocycles. The third kappa shape index (κ3) is 5.81. The number of likely N-dealkylation sites (tertiary alicyclic amines) is 2. The molecule has 6 nitrogen and oxygen atoms in total. The number of carbonyl (C=O) groups is 1. The minimum Gasteiger partial charge on any atom is -0.426 e. The van der Waals surface area contributed by atoms with Gasteiger partial charge in [0.1, 0.15) is 0 Å². The number of fused-ring (bicyclic) bond motifs is 1. The van der Waals surface area contributed by atoms with E-state index in [0.717, 1.165) is 11.0 Å². The highest BCUT2D eigenvalue weighted by Gasteiger charge is 2.60. The molecule has 0 N–H and O–H groups in total. The smallest absolute Gasteiger partial charge is 0.426 e. The van der Waals surface area contributed by atoms with Gasteiger partial charge in [0, 0.05) is 68.9 Å². The second-order valence-corrected chi connectivity index (χ2v) is 11.2. The monoisotopic (exact) mass is 589 g/mol. The van der Waals surface area contributed by atoms with Crippen LogP contribution in [0.25, 0.3) is 0 Å². The topological polar surface area (TPSA) is 45.2 Å². The largest absolute Gasteiger partial charge is 0.434 e. The summed E-state index contributed by atoms with van der Waals surface area (Å²) in [5.41, 5.74) is -0.385. The molecular weight excluding hydrogens is 561 g/mol. The van der Waals surface area contributed by atoms with Crippen molar-refractivity contribution in [3.05, 3.63) is 29.3 Å². The van der Waals surface area contributed by atoms with Crippen molar-refractivity contribution in [2.75, 3.05) is 57.4 Å². The summed E-state index contributed by atoms with van der Waals surface area (Å²) < 4.78 is 128. The van der Waals surface area contributed by atoms with E-state index in [9.17, 15) is 44.3 Å². The van der Waals surface area contributed by atoms with Crippen LogP contribution in [0, 0.1) is 17.3 Å². The van der Waals surface area contributed by atoms with Crippen molar-refractivity contribution in [2.45, 2.75) is 44.0 Å². The minimum atomic E-state index is -5.80. The van der Waals surface area contributed by atoms with Gasteiger partial charge in [-0.1, -0.05) is 6.07 Å². The molecule has 5 rings (SSSR count). The molecule has 1 spiro atoms. The van der Waals surface area contributed by atoms with Crippen molar-refractivity contribution in [1.29, 1.82) is 0 Å². The maximum atomic E-state index is 14.0. The number of halogens is 9. The number of anilines is 1. The van der Waals surface area contributed by atoms with E-state index in [-0.39, 0.29) is 55.3 Å². The third-order valence-electron chi connectivity index (χ3n) is 8.43. The van der Waals surface area contributed by atoms with Gasteiger partial charge < -0.3 is 19.3 Å². The van der Waals surface area contributed by atoms with Gasteiger partial charge in [-0.25, -0.2) is 4.79 Å². The predicted octanol–water partition coefficient (Wildman–Crippen LogP) is 5.32. The first-order valence-corrected chi connectivity index (χ1v) is 12.9. The van der Waals surface area contributed by atoms with Crippen molar-refractivity contribution in [2.24, 2.45) is 17.3 Å². The molecule has 1 aromatic rings. The first kappa shape index (κ1) is 29.1. The fourth-order valence-electron chi connectivity index (χ4n) is 6.40. The lowest BCUT2D eigenvalue weighted by Gasteiger charge is -2.54. The Morgan fingerprint density at radius 2 is 1.52 bits per heavy atom. The van der Waals surface area contributed by atoms with Crippen molar-refractivity contribution >= 4 is 11.8 Å². The number of piperidine rings is 1. The van der Waals surface area contributed by atoms with Gasteiger partial charge in [0.25, 0.3) is 6.10 Å². The standard InChI is InChI=1S/C25H28F9N3O3/c26-23(27,28)18-2-1-3-19(37-8-15-11-39-12-16(15)9-37)17(18)10-35-13-22(14-35)4-6-36(7-5-22)21(38)40-20(24(29,30)31)25(32,33)34/h1-3,15-16,20H,4-14H2. The Morgan fingerprint density at radius 1 is 0.950 bits per heavy atom. The van der Waals surface area contributed by atoms with E-state index in [0.29, 0.717) is 45.1 Å². The summed E-state index contributed by atoms with van der Waals surface area (Å²) in [5, 5.41) is 0. The normalized spacial score (nSPS) is 25.4. The Labute approximate surface area is 223 Å². The fourth-order valence-corrected chi connectivity index (χ4v) is 6.40. The maximum absolute atomic E-state index is 14.0. The lowest BCUT2D eigenvalue weighted by Crippen LogP contribution is -2.60. The van der Waals surface area contributed by atoms with Gasteiger partial charge in [0.2, 0.25) is 0 Å². The molecule has 0 aliphatic carbocycles. The van der Waals surface area contributed by atoms with Crippen LogP contribution >= 0.6 is 0 Å². The molecule has 2 unspecified atom stereocenters. The van der Waals surface area contributed by atoms with Crippen LogP contribution in [-0.2, 0) is 22.2 Å². The molecule has 0 bridgehead atoms. The number of amides is 1. The van der Waals surface area contributed by atoms with Crippen LogP contribution in [-0.4, -0.2) is 86.8 Å². The Balaban J connectivity index is 1.21. The summed E-state index contributed by atoms with van der Waals surface area (Å²) in [5.74, 6) is 0.545. The summed E-state index contributed by atoms with van der Waals surface area (Å²) in [7, 11) is 0. The Morgan fingerprint density at radius 3 is 2.05 bits per heavy atom. The van der Waals surface area contributed by atoms with Crippen molar-refractivity contribution in [1.82, 2.24) is 9.80 Å². The SMILES string of the molecule is O=C(OC(C(F)(F)F)C(F)(F)F)N1CCC2(CC1)CN(Cc1c(N3CC4COCC4C3)cccc1C(F)(F)F)C2. The van der Waals surface area contributed by atoms with Crippen LogP contribution in [0.2, 0.25) is 0 Å². The Kier molecular flexibility index (Phi) is 7.37. The van der Waals surface area contributed by atoms with Crippen LogP contribution in [0.1, 0.15) is 24.0 Å². The summed E-state index contributed by atoms with van der Waals surface area (Å²) >= 11 is 0. The van der Waals surface area contributed by atoms with Crippen molar-refractivity contribution in [3.8, 4) is 0 Å². The summed E-state index contributed by atoms with van der Waals surface area (Å²) in [6.45, 7) is 3.00. The molecular formula is C25H28F9N3O3. The van der Waals surface area contributed by atoms with Gasteiger partial charge in [-0.2, -0.15) is 39.5 Å². The highest BCUT2D eigenvalue weighted by molar-refractivity contribution is 5.68. The summed E-state index contributed by atoms with van der Waals surface area (Å²) in [4.78, 5) is 16.7. The fraction of sp³-hybridized carbons (Fsp3) is 0.720. The number of carbonyl (C=O) groups excluding carboxylic acids is 1. The zero-order valence-electron chi connectivity index (χ0n) is 21.2. The Hall–Kier alpha value is -2.42. The zero-order valence-corrected chi connectivity index (χ0v) is 21.2. The lowest BCUT2D eigenvalue weighted by atomic mass is 9.72. The molecule has 0 saturated carbocycles. The van der Waals surface area contributed by atoms with Crippen LogP contribution in [0.15, 0.2) is 18.2 Å². The molecule has 4 fully saturated rings. The number of nitrogens with zero attached hydrogens (tertiary/aromatic N) is 3. The minimum absolute atomic E-state index is 0.0414. The van der Waals surface area contributed by atoms with E-state index in [1.807, 2.05) is 9.80 Å². The van der Waals surface area contributed by atoms with Crippen molar-refractivity contribution in [3.63, 3.8) is 0 Å². The molecule has 15 heteroatoms. The second-order valence-electron chi connectivity index (χ2n) is 11.2. The van der Waals surface area contributed by atoms with Crippen molar-refractivity contribution < 1.29 is 53.8 Å². The van der Waals surface area contributed by atoms with Crippen LogP contribution < -0.4 is 4.90 Å². The average molecular weight is 589 g/mol. The number of hydrogen-bond acceptors (Lipinski definition) is 5. The number of hydrogen-bond donors (Lipinski definition) is 0. The number of ether oxygens (including phenoxy) is 2. The molecule has 2 atom stereocenters. The Bertz CT molecular complexity index is 1070. The third-order valence-corrected chi connectivity index (χ3v) is 8.43. The average Bonchev–Trinajstić information content (AvgIpc) is 3.42. The van der Waals surface area contributed by atoms with E-state index in [1.165, 1.54) is 6.07 Å².